The number of nitrogens with zero attached hydrogens (tertiary/aromatic N) is 2. The number of nitrogens with two attached hydrogens (primary N) is 1. The summed E-state index contributed by atoms with van der Waals surface area (Å²) < 4.78 is 0. The average molecular weight is 282 g/mol. The fourth-order valence-corrected chi connectivity index (χ4v) is 2.77. The number of hydrogen-bond donors (Lipinski definition) is 2. The zero-order chi connectivity index (χ0) is 14.7. The molecule has 3 rings (SSSR count). The Hall–Kier alpha value is -2.23. The third-order valence-electron chi connectivity index (χ3n) is 3.95. The molecule has 4 heteroatoms. The average Bonchev–Trinajstić information content (AvgIpc) is 2.52. The van der Waals surface area contributed by atoms with E-state index in [1.54, 1.807) is 6.20 Å². The van der Waals surface area contributed by atoms with Gasteiger partial charge < -0.3 is 16.0 Å². The Balaban J connectivity index is 1.71. The van der Waals surface area contributed by atoms with Crippen molar-refractivity contribution in [2.24, 2.45) is 0 Å². The van der Waals surface area contributed by atoms with Gasteiger partial charge in [-0.3, -0.25) is 0 Å². The van der Waals surface area contributed by atoms with E-state index in [9.17, 15) is 0 Å². The molecule has 0 atom stereocenters. The maximum atomic E-state index is 5.73. The zero-order valence-electron chi connectivity index (χ0n) is 12.5. The molecule has 1 aromatic carbocycles. The number of nitrogens with one attached hydrogen (secondary N) is 1. The lowest BCUT2D eigenvalue weighted by atomic mass is 10.1. The maximum Gasteiger partial charge on any atom is 0.133 e. The summed E-state index contributed by atoms with van der Waals surface area (Å²) in [6, 6.07) is 10.5. The van der Waals surface area contributed by atoms with Crippen molar-refractivity contribution in [2.75, 3.05) is 29.0 Å². The maximum absolute atomic E-state index is 5.73. The first-order valence-electron chi connectivity index (χ1n) is 7.56. The van der Waals surface area contributed by atoms with Crippen LogP contribution in [0.3, 0.4) is 0 Å². The molecule has 0 bridgehead atoms. The van der Waals surface area contributed by atoms with Crippen molar-refractivity contribution in [3.63, 3.8) is 0 Å². The van der Waals surface area contributed by atoms with Gasteiger partial charge in [-0.1, -0.05) is 0 Å². The molecule has 0 aliphatic carbocycles. The van der Waals surface area contributed by atoms with E-state index in [2.05, 4.69) is 39.5 Å². The van der Waals surface area contributed by atoms with Crippen molar-refractivity contribution < 1.29 is 0 Å². The second-order valence-electron chi connectivity index (χ2n) is 5.65. The standard InChI is InChI=1S/C17H22N4/c1-13-11-14(18)12-19-17(13)20-15-5-7-16(8-6-15)21-9-3-2-4-10-21/h5-8,11-12H,2-4,9-10,18H2,1H3,(H,19,20). The molecule has 4 nitrogen and oxygen atoms in total. The van der Waals surface area contributed by atoms with Gasteiger partial charge in [0.25, 0.3) is 0 Å². The summed E-state index contributed by atoms with van der Waals surface area (Å²) in [5.74, 6) is 0.856. The lowest BCUT2D eigenvalue weighted by Crippen LogP contribution is -2.29. The van der Waals surface area contributed by atoms with Crippen LogP contribution in [-0.2, 0) is 0 Å². The van der Waals surface area contributed by atoms with E-state index >= 15 is 0 Å². The van der Waals surface area contributed by atoms with Crippen LogP contribution in [0.4, 0.5) is 22.9 Å². The monoisotopic (exact) mass is 282 g/mol. The number of pyridine rings is 1. The van der Waals surface area contributed by atoms with Gasteiger partial charge in [0.05, 0.1) is 11.9 Å². The van der Waals surface area contributed by atoms with Crippen molar-refractivity contribution in [3.05, 3.63) is 42.1 Å². The molecule has 2 aromatic rings. The normalized spacial score (nSPS) is 15.0. The first kappa shape index (κ1) is 13.7. The van der Waals surface area contributed by atoms with E-state index in [4.69, 9.17) is 5.73 Å². The van der Waals surface area contributed by atoms with Crippen molar-refractivity contribution >= 4 is 22.9 Å². The predicted molar refractivity (Wildman–Crippen MR) is 89.2 cm³/mol. The predicted octanol–water partition coefficient (Wildman–Crippen LogP) is 3.71. The largest absolute Gasteiger partial charge is 0.397 e. The third kappa shape index (κ3) is 3.27. The highest BCUT2D eigenvalue weighted by Gasteiger charge is 2.10. The summed E-state index contributed by atoms with van der Waals surface area (Å²) in [5, 5.41) is 3.34. The van der Waals surface area contributed by atoms with Gasteiger partial charge in [0.1, 0.15) is 5.82 Å². The summed E-state index contributed by atoms with van der Waals surface area (Å²) in [5.41, 5.74) is 9.83. The number of hydrogen-bond acceptors (Lipinski definition) is 4. The van der Waals surface area contributed by atoms with Crippen molar-refractivity contribution in [3.8, 4) is 0 Å². The van der Waals surface area contributed by atoms with Crippen LogP contribution in [0, 0.1) is 6.92 Å². The van der Waals surface area contributed by atoms with Crippen molar-refractivity contribution in [2.45, 2.75) is 26.2 Å². The Bertz CT molecular complexity index is 601. The van der Waals surface area contributed by atoms with Crippen LogP contribution in [0.5, 0.6) is 0 Å². The topological polar surface area (TPSA) is 54.2 Å². The van der Waals surface area contributed by atoms with Gasteiger partial charge in [0, 0.05) is 24.5 Å². The second-order valence-corrected chi connectivity index (χ2v) is 5.65. The van der Waals surface area contributed by atoms with Crippen LogP contribution in [0.1, 0.15) is 24.8 Å². The summed E-state index contributed by atoms with van der Waals surface area (Å²) in [6.45, 7) is 4.35. The number of benzene rings is 1. The number of aryl methyl sites for hydroxylation is 1. The molecule has 1 saturated heterocycles. The first-order valence-corrected chi connectivity index (χ1v) is 7.56. The fraction of sp³-hybridized carbons (Fsp3) is 0.353. The minimum atomic E-state index is 0.693. The summed E-state index contributed by atoms with van der Waals surface area (Å²) >= 11 is 0. The molecule has 1 aliphatic rings. The highest BCUT2D eigenvalue weighted by molar-refractivity contribution is 5.63. The first-order chi connectivity index (χ1) is 10.2. The molecule has 1 aliphatic heterocycles. The Morgan fingerprint density at radius 3 is 2.48 bits per heavy atom. The van der Waals surface area contributed by atoms with Gasteiger partial charge in [0.15, 0.2) is 0 Å². The highest BCUT2D eigenvalue weighted by atomic mass is 15.1. The Morgan fingerprint density at radius 1 is 1.10 bits per heavy atom. The molecular weight excluding hydrogens is 260 g/mol. The molecular formula is C17H22N4. The Labute approximate surface area is 126 Å². The third-order valence-corrected chi connectivity index (χ3v) is 3.95. The highest BCUT2D eigenvalue weighted by Crippen LogP contribution is 2.24. The van der Waals surface area contributed by atoms with E-state index < -0.39 is 0 Å². The lowest BCUT2D eigenvalue weighted by molar-refractivity contribution is 0.578. The van der Waals surface area contributed by atoms with E-state index in [1.165, 1.54) is 38.0 Å². The summed E-state index contributed by atoms with van der Waals surface area (Å²) in [6.07, 6.45) is 5.64. The van der Waals surface area contributed by atoms with E-state index in [0.29, 0.717) is 5.69 Å². The zero-order valence-corrected chi connectivity index (χ0v) is 12.5. The Kier molecular flexibility index (Phi) is 3.95. The van der Waals surface area contributed by atoms with Crippen LogP contribution < -0.4 is 16.0 Å². The number of rotatable bonds is 3. The van der Waals surface area contributed by atoms with E-state index in [1.807, 2.05) is 13.0 Å². The van der Waals surface area contributed by atoms with Crippen molar-refractivity contribution in [1.82, 2.24) is 4.98 Å². The minimum absolute atomic E-state index is 0.693. The molecule has 1 fully saturated rings. The molecule has 3 N–H and O–H groups in total. The molecule has 0 saturated carbocycles. The SMILES string of the molecule is Cc1cc(N)cnc1Nc1ccc(N2CCCCC2)cc1. The summed E-state index contributed by atoms with van der Waals surface area (Å²) in [4.78, 5) is 6.80. The van der Waals surface area contributed by atoms with E-state index in [-0.39, 0.29) is 0 Å². The van der Waals surface area contributed by atoms with Crippen LogP contribution in [0.25, 0.3) is 0 Å². The Morgan fingerprint density at radius 2 is 1.81 bits per heavy atom. The minimum Gasteiger partial charge on any atom is -0.397 e. The molecule has 0 unspecified atom stereocenters. The van der Waals surface area contributed by atoms with Crippen LogP contribution in [-0.4, -0.2) is 18.1 Å². The lowest BCUT2D eigenvalue weighted by Gasteiger charge is -2.28. The molecule has 0 spiro atoms. The van der Waals surface area contributed by atoms with Gasteiger partial charge in [-0.15, -0.1) is 0 Å². The smallest absolute Gasteiger partial charge is 0.133 e. The van der Waals surface area contributed by atoms with Gasteiger partial charge in [-0.2, -0.15) is 0 Å². The molecule has 110 valence electrons. The molecule has 1 aromatic heterocycles. The van der Waals surface area contributed by atoms with Gasteiger partial charge in [0.2, 0.25) is 0 Å². The molecule has 2 heterocycles. The molecule has 0 radical (unpaired) electrons. The number of nitrogen functional groups attached to an aromatic ring is 1. The quantitative estimate of drug-likeness (QED) is 0.901. The number of aromatic nitrogens is 1. The second kappa shape index (κ2) is 6.04. The fourth-order valence-electron chi connectivity index (χ4n) is 2.77. The van der Waals surface area contributed by atoms with Crippen LogP contribution >= 0.6 is 0 Å². The van der Waals surface area contributed by atoms with Gasteiger partial charge in [-0.05, 0) is 62.1 Å². The van der Waals surface area contributed by atoms with Gasteiger partial charge >= 0.3 is 0 Å². The van der Waals surface area contributed by atoms with Gasteiger partial charge in [-0.25, -0.2) is 4.98 Å². The molecule has 0 amide bonds. The van der Waals surface area contributed by atoms with Crippen LogP contribution in [0.2, 0.25) is 0 Å². The van der Waals surface area contributed by atoms with Crippen molar-refractivity contribution in [1.29, 1.82) is 0 Å². The molecule has 21 heavy (non-hydrogen) atoms. The number of anilines is 4. The van der Waals surface area contributed by atoms with E-state index in [0.717, 1.165) is 17.1 Å². The number of piperidine rings is 1. The van der Waals surface area contributed by atoms with Crippen LogP contribution in [0.15, 0.2) is 36.5 Å². The summed E-state index contributed by atoms with van der Waals surface area (Å²) in [7, 11) is 0.